The lowest BCUT2D eigenvalue weighted by Crippen LogP contribution is -2.66. The number of carbonyl (C=O) groups is 2. The summed E-state index contributed by atoms with van der Waals surface area (Å²) in [6.07, 6.45) is 1.22. The number of alkyl halides is 2. The SMILES string of the molecule is CCC(C)CN1CC2N(Cc3ccc(OC(F)F)cc3)CCC(=O)N2CC1=O. The molecule has 0 aromatic heterocycles. The predicted molar refractivity (Wildman–Crippen MR) is 99.6 cm³/mol. The van der Waals surface area contributed by atoms with E-state index in [2.05, 4.69) is 23.5 Å². The van der Waals surface area contributed by atoms with Crippen molar-refractivity contribution in [3.05, 3.63) is 29.8 Å². The van der Waals surface area contributed by atoms with Gasteiger partial charge in [0.05, 0.1) is 6.54 Å². The summed E-state index contributed by atoms with van der Waals surface area (Å²) in [5, 5.41) is 0. The number of fused-ring (bicyclic) bond motifs is 1. The number of nitrogens with zero attached hydrogens (tertiary/aromatic N) is 3. The van der Waals surface area contributed by atoms with E-state index in [9.17, 15) is 18.4 Å². The summed E-state index contributed by atoms with van der Waals surface area (Å²) in [6, 6.07) is 6.55. The fourth-order valence-electron chi connectivity index (χ4n) is 3.72. The zero-order valence-electron chi connectivity index (χ0n) is 16.3. The van der Waals surface area contributed by atoms with E-state index in [1.54, 1.807) is 17.0 Å². The van der Waals surface area contributed by atoms with Gasteiger partial charge >= 0.3 is 6.61 Å². The lowest BCUT2D eigenvalue weighted by atomic mass is 10.1. The van der Waals surface area contributed by atoms with Crippen LogP contribution in [0.3, 0.4) is 0 Å². The number of halogens is 2. The first-order valence-electron chi connectivity index (χ1n) is 9.72. The summed E-state index contributed by atoms with van der Waals surface area (Å²) in [6.45, 7) is 3.88. The Kier molecular flexibility index (Phi) is 6.49. The van der Waals surface area contributed by atoms with Gasteiger partial charge in [-0.3, -0.25) is 14.5 Å². The van der Waals surface area contributed by atoms with Gasteiger partial charge in [0.1, 0.15) is 18.5 Å². The molecule has 0 radical (unpaired) electrons. The monoisotopic (exact) mass is 395 g/mol. The normalized spacial score (nSPS) is 21.8. The number of rotatable bonds is 7. The molecule has 0 bridgehead atoms. The molecule has 0 spiro atoms. The Hall–Kier alpha value is -2.22. The van der Waals surface area contributed by atoms with Gasteiger partial charge in [-0.05, 0) is 23.6 Å². The van der Waals surface area contributed by atoms with Gasteiger partial charge < -0.3 is 14.5 Å². The minimum Gasteiger partial charge on any atom is -0.435 e. The lowest BCUT2D eigenvalue weighted by molar-refractivity contribution is -0.162. The van der Waals surface area contributed by atoms with Gasteiger partial charge in [0.25, 0.3) is 0 Å². The van der Waals surface area contributed by atoms with Gasteiger partial charge in [0.2, 0.25) is 11.8 Å². The average Bonchev–Trinajstić information content (AvgIpc) is 2.66. The smallest absolute Gasteiger partial charge is 0.387 e. The Labute approximate surface area is 164 Å². The van der Waals surface area contributed by atoms with E-state index < -0.39 is 6.61 Å². The van der Waals surface area contributed by atoms with Crippen molar-refractivity contribution in [3.63, 3.8) is 0 Å². The molecule has 0 N–H and O–H groups in total. The molecule has 3 rings (SSSR count). The Morgan fingerprint density at radius 1 is 1.18 bits per heavy atom. The van der Waals surface area contributed by atoms with Crippen LogP contribution in [0.1, 0.15) is 32.3 Å². The summed E-state index contributed by atoms with van der Waals surface area (Å²) < 4.78 is 29.0. The van der Waals surface area contributed by atoms with E-state index in [1.165, 1.54) is 12.1 Å². The highest BCUT2D eigenvalue weighted by Crippen LogP contribution is 2.25. The molecule has 154 valence electrons. The Morgan fingerprint density at radius 2 is 1.89 bits per heavy atom. The van der Waals surface area contributed by atoms with Crippen LogP contribution < -0.4 is 4.74 Å². The summed E-state index contributed by atoms with van der Waals surface area (Å²) in [5.41, 5.74) is 0.946. The second-order valence-corrected chi connectivity index (χ2v) is 7.56. The van der Waals surface area contributed by atoms with Crippen molar-refractivity contribution in [2.75, 3.05) is 26.2 Å². The third kappa shape index (κ3) is 4.79. The zero-order chi connectivity index (χ0) is 20.3. The molecule has 2 amide bonds. The minimum atomic E-state index is -2.84. The van der Waals surface area contributed by atoms with Crippen LogP contribution in [0, 0.1) is 5.92 Å². The number of benzene rings is 1. The Bertz CT molecular complexity index is 698. The van der Waals surface area contributed by atoms with E-state index in [4.69, 9.17) is 0 Å². The van der Waals surface area contributed by atoms with E-state index in [0.29, 0.717) is 38.5 Å². The quantitative estimate of drug-likeness (QED) is 0.712. The van der Waals surface area contributed by atoms with Crippen molar-refractivity contribution in [3.8, 4) is 5.75 Å². The van der Waals surface area contributed by atoms with Gasteiger partial charge in [-0.15, -0.1) is 0 Å². The summed E-state index contributed by atoms with van der Waals surface area (Å²) in [7, 11) is 0. The molecule has 2 saturated heterocycles. The molecule has 2 unspecified atom stereocenters. The molecular formula is C20H27F2N3O3. The first-order valence-corrected chi connectivity index (χ1v) is 9.72. The number of hydrogen-bond donors (Lipinski definition) is 0. The molecule has 8 heteroatoms. The molecule has 2 aliphatic rings. The lowest BCUT2D eigenvalue weighted by Gasteiger charge is -2.49. The number of ether oxygens (including phenoxy) is 1. The minimum absolute atomic E-state index is 0.000232. The van der Waals surface area contributed by atoms with E-state index in [0.717, 1.165) is 12.0 Å². The van der Waals surface area contributed by atoms with Crippen LogP contribution >= 0.6 is 0 Å². The van der Waals surface area contributed by atoms with E-state index in [-0.39, 0.29) is 30.3 Å². The van der Waals surface area contributed by atoms with Crippen molar-refractivity contribution in [2.24, 2.45) is 5.92 Å². The molecule has 2 heterocycles. The van der Waals surface area contributed by atoms with Gasteiger partial charge in [-0.1, -0.05) is 32.4 Å². The molecule has 2 fully saturated rings. The van der Waals surface area contributed by atoms with Crippen LogP contribution in [-0.2, 0) is 16.1 Å². The second kappa shape index (κ2) is 8.86. The van der Waals surface area contributed by atoms with Crippen LogP contribution in [0.4, 0.5) is 8.78 Å². The van der Waals surface area contributed by atoms with Gasteiger partial charge in [0, 0.05) is 26.1 Å². The summed E-state index contributed by atoms with van der Waals surface area (Å²) >= 11 is 0. The van der Waals surface area contributed by atoms with Crippen molar-refractivity contribution in [1.82, 2.24) is 14.7 Å². The molecular weight excluding hydrogens is 368 g/mol. The maximum absolute atomic E-state index is 12.5. The highest BCUT2D eigenvalue weighted by atomic mass is 19.3. The molecule has 1 aromatic carbocycles. The maximum atomic E-state index is 12.5. The molecule has 2 atom stereocenters. The number of carbonyl (C=O) groups excluding carboxylic acids is 2. The van der Waals surface area contributed by atoms with Crippen molar-refractivity contribution in [1.29, 1.82) is 0 Å². The van der Waals surface area contributed by atoms with Crippen molar-refractivity contribution < 1.29 is 23.1 Å². The third-order valence-corrected chi connectivity index (χ3v) is 5.52. The third-order valence-electron chi connectivity index (χ3n) is 5.52. The van der Waals surface area contributed by atoms with Crippen LogP contribution in [0.15, 0.2) is 24.3 Å². The zero-order valence-corrected chi connectivity index (χ0v) is 16.3. The maximum Gasteiger partial charge on any atom is 0.387 e. The number of amides is 2. The van der Waals surface area contributed by atoms with Gasteiger partial charge in [-0.25, -0.2) is 0 Å². The second-order valence-electron chi connectivity index (χ2n) is 7.56. The molecule has 6 nitrogen and oxygen atoms in total. The van der Waals surface area contributed by atoms with Crippen LogP contribution in [0.25, 0.3) is 0 Å². The molecule has 0 aliphatic carbocycles. The Morgan fingerprint density at radius 3 is 2.54 bits per heavy atom. The van der Waals surface area contributed by atoms with Gasteiger partial charge in [-0.2, -0.15) is 8.78 Å². The van der Waals surface area contributed by atoms with Crippen LogP contribution in [0.5, 0.6) is 5.75 Å². The van der Waals surface area contributed by atoms with E-state index in [1.807, 2.05) is 4.90 Å². The summed E-state index contributed by atoms with van der Waals surface area (Å²) in [5.74, 6) is 0.543. The highest BCUT2D eigenvalue weighted by Gasteiger charge is 2.41. The molecule has 28 heavy (non-hydrogen) atoms. The van der Waals surface area contributed by atoms with E-state index >= 15 is 0 Å². The fourth-order valence-corrected chi connectivity index (χ4v) is 3.72. The standard InChI is InChI=1S/C20H27F2N3O3/c1-3-14(2)10-24-12-17-23(9-8-18(26)25(17)13-19(24)27)11-15-4-6-16(7-5-15)28-20(21)22/h4-7,14,17,20H,3,8-13H2,1-2H3. The highest BCUT2D eigenvalue weighted by molar-refractivity contribution is 5.87. The average molecular weight is 395 g/mol. The van der Waals surface area contributed by atoms with Crippen LogP contribution in [-0.4, -0.2) is 65.5 Å². The number of hydrogen-bond acceptors (Lipinski definition) is 4. The summed E-state index contributed by atoms with van der Waals surface area (Å²) in [4.78, 5) is 30.5. The largest absolute Gasteiger partial charge is 0.435 e. The van der Waals surface area contributed by atoms with Crippen molar-refractivity contribution >= 4 is 11.8 Å². The van der Waals surface area contributed by atoms with Gasteiger partial charge in [0.15, 0.2) is 0 Å². The predicted octanol–water partition coefficient (Wildman–Crippen LogP) is 2.54. The molecule has 1 aromatic rings. The molecule has 0 saturated carbocycles. The fraction of sp³-hybridized carbons (Fsp3) is 0.600. The first-order chi connectivity index (χ1) is 13.4. The topological polar surface area (TPSA) is 53.1 Å². The number of piperazine rings is 1. The van der Waals surface area contributed by atoms with Crippen LogP contribution in [0.2, 0.25) is 0 Å². The first kappa shape index (κ1) is 20.5. The Balaban J connectivity index is 1.70. The van der Waals surface area contributed by atoms with Crippen molar-refractivity contribution in [2.45, 2.75) is 46.0 Å². The molecule has 2 aliphatic heterocycles.